The average molecular weight is 406 g/mol. The minimum Gasteiger partial charge on any atom is -0.330 e. The van der Waals surface area contributed by atoms with Gasteiger partial charge in [0, 0.05) is 30.4 Å². The molecule has 0 atom stereocenters. The van der Waals surface area contributed by atoms with Crippen LogP contribution in [-0.4, -0.2) is 43.0 Å². The van der Waals surface area contributed by atoms with E-state index in [1.165, 1.54) is 15.1 Å². The van der Waals surface area contributed by atoms with E-state index in [2.05, 4.69) is 20.4 Å². The Labute approximate surface area is 172 Å². The van der Waals surface area contributed by atoms with Gasteiger partial charge in [-0.3, -0.25) is 19.4 Å². The van der Waals surface area contributed by atoms with Crippen LogP contribution in [0.25, 0.3) is 5.95 Å². The zero-order chi connectivity index (χ0) is 21.4. The minimum atomic E-state index is -0.762. The molecule has 0 radical (unpaired) electrons. The van der Waals surface area contributed by atoms with Crippen molar-refractivity contribution in [3.8, 4) is 5.95 Å². The molecule has 9 nitrogen and oxygen atoms in total. The second-order valence-electron chi connectivity index (χ2n) is 7.38. The topological polar surface area (TPSA) is 113 Å². The molecular formula is C21H22N6O3. The number of carbonyl (C=O) groups excluding carboxylic acids is 2. The summed E-state index contributed by atoms with van der Waals surface area (Å²) in [5, 5.41) is 6.90. The zero-order valence-electron chi connectivity index (χ0n) is 17.0. The predicted molar refractivity (Wildman–Crippen MR) is 110 cm³/mol. The first-order chi connectivity index (χ1) is 14.3. The Morgan fingerprint density at radius 1 is 1.13 bits per heavy atom. The Hall–Kier alpha value is -3.75. The van der Waals surface area contributed by atoms with Crippen LogP contribution in [0, 0.1) is 20.8 Å². The summed E-state index contributed by atoms with van der Waals surface area (Å²) in [5.74, 6) is -0.946. The minimum absolute atomic E-state index is 0.172. The molecule has 3 aromatic rings. The lowest BCUT2D eigenvalue weighted by atomic mass is 10.00. The van der Waals surface area contributed by atoms with Crippen LogP contribution in [0.1, 0.15) is 28.1 Å². The highest BCUT2D eigenvalue weighted by Gasteiger charge is 2.27. The van der Waals surface area contributed by atoms with E-state index in [1.54, 1.807) is 26.8 Å². The second-order valence-corrected chi connectivity index (χ2v) is 7.38. The molecule has 2 N–H and O–H groups in total. The van der Waals surface area contributed by atoms with Gasteiger partial charge in [0.2, 0.25) is 5.95 Å². The van der Waals surface area contributed by atoms with E-state index in [9.17, 15) is 14.4 Å². The van der Waals surface area contributed by atoms with Gasteiger partial charge in [0.05, 0.1) is 5.69 Å². The van der Waals surface area contributed by atoms with Crippen molar-refractivity contribution in [1.82, 2.24) is 24.6 Å². The summed E-state index contributed by atoms with van der Waals surface area (Å²) < 4.78 is 1.32. The Morgan fingerprint density at radius 2 is 1.87 bits per heavy atom. The number of rotatable bonds is 2. The summed E-state index contributed by atoms with van der Waals surface area (Å²) in [5.41, 5.74) is 3.62. The fourth-order valence-electron chi connectivity index (χ4n) is 3.46. The summed E-state index contributed by atoms with van der Waals surface area (Å²) in [4.78, 5) is 46.0. The SMILES string of the molecule is Cc1cc(NC(=O)C(=O)N2CCc3ccccc3C2)n(-c2nc(C)c(C)c(=O)[nH]2)n1. The number of nitrogens with one attached hydrogen (secondary N) is 2. The monoisotopic (exact) mass is 406 g/mol. The number of fused-ring (bicyclic) bond motifs is 1. The number of H-pyrrole nitrogens is 1. The molecule has 9 heteroatoms. The molecule has 3 heterocycles. The maximum atomic E-state index is 12.7. The fraction of sp³-hybridized carbons (Fsp3) is 0.286. The highest BCUT2D eigenvalue weighted by atomic mass is 16.2. The van der Waals surface area contributed by atoms with Gasteiger partial charge in [0.25, 0.3) is 5.56 Å². The number of aromatic nitrogens is 4. The fourth-order valence-corrected chi connectivity index (χ4v) is 3.46. The van der Waals surface area contributed by atoms with Crippen LogP contribution in [0.3, 0.4) is 0 Å². The maximum absolute atomic E-state index is 12.7. The van der Waals surface area contributed by atoms with Crippen molar-refractivity contribution >= 4 is 17.6 Å². The molecule has 0 saturated carbocycles. The molecule has 4 rings (SSSR count). The van der Waals surface area contributed by atoms with E-state index in [0.717, 1.165) is 5.56 Å². The van der Waals surface area contributed by atoms with Crippen molar-refractivity contribution in [1.29, 1.82) is 0 Å². The Bertz CT molecular complexity index is 1210. The highest BCUT2D eigenvalue weighted by molar-refractivity contribution is 6.39. The first-order valence-electron chi connectivity index (χ1n) is 9.65. The normalized spacial score (nSPS) is 13.1. The molecule has 30 heavy (non-hydrogen) atoms. The lowest BCUT2D eigenvalue weighted by molar-refractivity contribution is -0.143. The number of aryl methyl sites for hydroxylation is 2. The van der Waals surface area contributed by atoms with Crippen molar-refractivity contribution in [2.24, 2.45) is 0 Å². The third-order valence-electron chi connectivity index (χ3n) is 5.27. The molecule has 0 spiro atoms. The first kappa shape index (κ1) is 19.6. The smallest absolute Gasteiger partial charge is 0.315 e. The second kappa shape index (κ2) is 7.58. The summed E-state index contributed by atoms with van der Waals surface area (Å²) in [6.45, 7) is 6.02. The van der Waals surface area contributed by atoms with Crippen molar-refractivity contribution in [2.45, 2.75) is 33.7 Å². The third-order valence-corrected chi connectivity index (χ3v) is 5.27. The molecule has 154 valence electrons. The van der Waals surface area contributed by atoms with Gasteiger partial charge in [-0.2, -0.15) is 9.78 Å². The number of aromatic amines is 1. The Kier molecular flexibility index (Phi) is 4.94. The number of hydrogen-bond donors (Lipinski definition) is 2. The summed E-state index contributed by atoms with van der Waals surface area (Å²) in [6.07, 6.45) is 0.708. The number of hydrogen-bond acceptors (Lipinski definition) is 5. The Balaban J connectivity index is 1.56. The molecule has 0 saturated heterocycles. The molecular weight excluding hydrogens is 384 g/mol. The number of benzene rings is 1. The maximum Gasteiger partial charge on any atom is 0.315 e. The molecule has 1 aliphatic heterocycles. The Morgan fingerprint density at radius 3 is 2.60 bits per heavy atom. The van der Waals surface area contributed by atoms with E-state index in [1.807, 2.05) is 24.3 Å². The van der Waals surface area contributed by atoms with Crippen molar-refractivity contribution in [3.05, 3.63) is 68.8 Å². The molecule has 0 fully saturated rings. The molecule has 0 unspecified atom stereocenters. The largest absolute Gasteiger partial charge is 0.330 e. The number of amides is 2. The van der Waals surface area contributed by atoms with Crippen LogP contribution < -0.4 is 10.9 Å². The van der Waals surface area contributed by atoms with E-state index in [0.29, 0.717) is 36.5 Å². The lowest BCUT2D eigenvalue weighted by Crippen LogP contribution is -2.42. The number of carbonyl (C=O) groups is 2. The summed E-state index contributed by atoms with van der Waals surface area (Å²) >= 11 is 0. The van der Waals surface area contributed by atoms with Gasteiger partial charge in [0.15, 0.2) is 0 Å². The van der Waals surface area contributed by atoms with Crippen LogP contribution in [0.15, 0.2) is 35.1 Å². The van der Waals surface area contributed by atoms with Gasteiger partial charge in [-0.25, -0.2) is 4.98 Å². The van der Waals surface area contributed by atoms with Gasteiger partial charge in [0.1, 0.15) is 5.82 Å². The van der Waals surface area contributed by atoms with E-state index < -0.39 is 11.8 Å². The molecule has 0 aliphatic carbocycles. The number of nitrogens with zero attached hydrogens (tertiary/aromatic N) is 4. The van der Waals surface area contributed by atoms with E-state index in [-0.39, 0.29) is 17.3 Å². The molecule has 2 aromatic heterocycles. The third kappa shape index (κ3) is 3.61. The zero-order valence-corrected chi connectivity index (χ0v) is 17.0. The van der Waals surface area contributed by atoms with Crippen LogP contribution >= 0.6 is 0 Å². The van der Waals surface area contributed by atoms with Gasteiger partial charge in [-0.05, 0) is 38.3 Å². The molecule has 0 bridgehead atoms. The van der Waals surface area contributed by atoms with E-state index in [4.69, 9.17) is 0 Å². The van der Waals surface area contributed by atoms with Crippen molar-refractivity contribution in [2.75, 3.05) is 11.9 Å². The predicted octanol–water partition coefficient (Wildman–Crippen LogP) is 1.40. The van der Waals surface area contributed by atoms with Crippen molar-refractivity contribution < 1.29 is 9.59 Å². The van der Waals surface area contributed by atoms with Gasteiger partial charge < -0.3 is 10.2 Å². The van der Waals surface area contributed by atoms with Crippen LogP contribution in [0.4, 0.5) is 5.82 Å². The molecule has 1 aliphatic rings. The standard InChI is InChI=1S/C21H22N6O3/c1-12-10-17(27(25-12)21-22-14(3)13(2)18(28)24-21)23-19(29)20(30)26-9-8-15-6-4-5-7-16(15)11-26/h4-7,10H,8-9,11H2,1-3H3,(H,23,29)(H,22,24,28). The van der Waals surface area contributed by atoms with Crippen LogP contribution in [-0.2, 0) is 22.6 Å². The van der Waals surface area contributed by atoms with Gasteiger partial charge in [-0.1, -0.05) is 24.3 Å². The van der Waals surface area contributed by atoms with Crippen LogP contribution in [0.5, 0.6) is 0 Å². The van der Waals surface area contributed by atoms with Crippen molar-refractivity contribution in [3.63, 3.8) is 0 Å². The average Bonchev–Trinajstić information content (AvgIpc) is 3.10. The first-order valence-corrected chi connectivity index (χ1v) is 9.65. The highest BCUT2D eigenvalue weighted by Crippen LogP contribution is 2.19. The van der Waals surface area contributed by atoms with E-state index >= 15 is 0 Å². The molecule has 1 aromatic carbocycles. The summed E-state index contributed by atoms with van der Waals surface area (Å²) in [7, 11) is 0. The van der Waals surface area contributed by atoms with Crippen LogP contribution in [0.2, 0.25) is 0 Å². The van der Waals surface area contributed by atoms with Gasteiger partial charge in [-0.15, -0.1) is 0 Å². The number of anilines is 1. The summed E-state index contributed by atoms with van der Waals surface area (Å²) in [6, 6.07) is 9.51. The molecule has 2 amide bonds. The quantitative estimate of drug-likeness (QED) is 0.625. The van der Waals surface area contributed by atoms with Gasteiger partial charge >= 0.3 is 11.8 Å². The lowest BCUT2D eigenvalue weighted by Gasteiger charge is -2.28.